The van der Waals surface area contributed by atoms with E-state index < -0.39 is 15.8 Å². The standard InChI is InChI=1S/C18H22FNO4S/c1-18(2,3)13-4-7-15(8-5-13)25(22,23)20-16-9-6-14(19)12-17(16)24-11-10-21/h4-9,12,20-21H,10-11H2,1-3H3. The second-order valence-electron chi connectivity index (χ2n) is 6.59. The zero-order valence-electron chi connectivity index (χ0n) is 14.4. The first-order valence-electron chi connectivity index (χ1n) is 7.80. The van der Waals surface area contributed by atoms with Gasteiger partial charge in [-0.1, -0.05) is 32.9 Å². The van der Waals surface area contributed by atoms with Crippen molar-refractivity contribution in [3.63, 3.8) is 0 Å². The van der Waals surface area contributed by atoms with E-state index in [2.05, 4.69) is 4.72 Å². The molecular formula is C18H22FNO4S. The Balaban J connectivity index is 2.30. The highest BCUT2D eigenvalue weighted by Crippen LogP contribution is 2.29. The molecule has 0 saturated carbocycles. The van der Waals surface area contributed by atoms with E-state index in [0.29, 0.717) is 0 Å². The summed E-state index contributed by atoms with van der Waals surface area (Å²) in [4.78, 5) is 0.0953. The third-order valence-electron chi connectivity index (χ3n) is 3.57. The van der Waals surface area contributed by atoms with E-state index >= 15 is 0 Å². The topological polar surface area (TPSA) is 75.6 Å². The molecule has 0 aliphatic carbocycles. The summed E-state index contributed by atoms with van der Waals surface area (Å²) in [5, 5.41) is 8.83. The molecule has 2 aromatic rings. The number of nitrogens with one attached hydrogen (secondary N) is 1. The Labute approximate surface area is 147 Å². The number of sulfonamides is 1. The molecule has 2 rings (SSSR count). The molecule has 0 bridgehead atoms. The summed E-state index contributed by atoms with van der Waals surface area (Å²) in [5.74, 6) is -0.547. The van der Waals surface area contributed by atoms with E-state index in [9.17, 15) is 12.8 Å². The highest BCUT2D eigenvalue weighted by molar-refractivity contribution is 7.92. The lowest BCUT2D eigenvalue weighted by Crippen LogP contribution is -2.16. The molecule has 0 spiro atoms. The minimum Gasteiger partial charge on any atom is -0.489 e. The summed E-state index contributed by atoms with van der Waals surface area (Å²) < 4.78 is 46.1. The molecule has 0 radical (unpaired) electrons. The molecule has 0 aliphatic heterocycles. The zero-order valence-corrected chi connectivity index (χ0v) is 15.2. The summed E-state index contributed by atoms with van der Waals surface area (Å²) in [5.41, 5.74) is 1.03. The number of aliphatic hydroxyl groups excluding tert-OH is 1. The van der Waals surface area contributed by atoms with Gasteiger partial charge in [0.25, 0.3) is 10.0 Å². The molecule has 0 aromatic heterocycles. The van der Waals surface area contributed by atoms with Crippen molar-refractivity contribution in [2.45, 2.75) is 31.1 Å². The van der Waals surface area contributed by atoms with Crippen molar-refractivity contribution in [3.8, 4) is 5.75 Å². The maximum absolute atomic E-state index is 13.4. The van der Waals surface area contributed by atoms with Crippen LogP contribution in [-0.4, -0.2) is 26.7 Å². The van der Waals surface area contributed by atoms with Crippen molar-refractivity contribution < 1.29 is 22.7 Å². The Morgan fingerprint density at radius 3 is 2.32 bits per heavy atom. The number of aliphatic hydroxyl groups is 1. The molecule has 0 unspecified atom stereocenters. The van der Waals surface area contributed by atoms with Gasteiger partial charge in [0.05, 0.1) is 17.2 Å². The van der Waals surface area contributed by atoms with Gasteiger partial charge in [0.1, 0.15) is 18.2 Å². The number of benzene rings is 2. The van der Waals surface area contributed by atoms with Gasteiger partial charge in [-0.2, -0.15) is 0 Å². The molecule has 0 heterocycles. The van der Waals surface area contributed by atoms with Gasteiger partial charge in [-0.05, 0) is 35.2 Å². The Hall–Kier alpha value is -2.12. The summed E-state index contributed by atoms with van der Waals surface area (Å²) in [7, 11) is -3.85. The molecular weight excluding hydrogens is 345 g/mol. The average molecular weight is 367 g/mol. The molecule has 0 aliphatic rings. The van der Waals surface area contributed by atoms with E-state index in [1.54, 1.807) is 12.1 Å². The minimum absolute atomic E-state index is 0.0175. The number of hydrogen-bond donors (Lipinski definition) is 2. The van der Waals surface area contributed by atoms with Gasteiger partial charge < -0.3 is 9.84 Å². The fourth-order valence-electron chi connectivity index (χ4n) is 2.19. The third-order valence-corrected chi connectivity index (χ3v) is 4.95. The fourth-order valence-corrected chi connectivity index (χ4v) is 3.26. The number of rotatable bonds is 6. The molecule has 5 nitrogen and oxygen atoms in total. The summed E-state index contributed by atoms with van der Waals surface area (Å²) in [6.07, 6.45) is 0. The van der Waals surface area contributed by atoms with Gasteiger partial charge in [-0.15, -0.1) is 0 Å². The van der Waals surface area contributed by atoms with Crippen LogP contribution in [0.3, 0.4) is 0 Å². The van der Waals surface area contributed by atoms with E-state index in [-0.39, 0.29) is 35.0 Å². The Bertz CT molecular complexity index is 827. The van der Waals surface area contributed by atoms with Gasteiger partial charge in [0.15, 0.2) is 0 Å². The second kappa shape index (κ2) is 7.41. The first kappa shape index (κ1) is 19.2. The largest absolute Gasteiger partial charge is 0.489 e. The van der Waals surface area contributed by atoms with Crippen LogP contribution in [0.15, 0.2) is 47.4 Å². The predicted octanol–water partition coefficient (Wildman–Crippen LogP) is 3.30. The number of hydrogen-bond acceptors (Lipinski definition) is 4. The van der Waals surface area contributed by atoms with Crippen molar-refractivity contribution in [1.82, 2.24) is 0 Å². The van der Waals surface area contributed by atoms with E-state index in [4.69, 9.17) is 9.84 Å². The van der Waals surface area contributed by atoms with Crippen molar-refractivity contribution in [2.75, 3.05) is 17.9 Å². The number of ether oxygens (including phenoxy) is 1. The Morgan fingerprint density at radius 1 is 1.12 bits per heavy atom. The van der Waals surface area contributed by atoms with Gasteiger partial charge >= 0.3 is 0 Å². The van der Waals surface area contributed by atoms with E-state index in [0.717, 1.165) is 17.7 Å². The fraction of sp³-hybridized carbons (Fsp3) is 0.333. The van der Waals surface area contributed by atoms with Crippen LogP contribution in [0, 0.1) is 5.82 Å². The highest BCUT2D eigenvalue weighted by atomic mass is 32.2. The summed E-state index contributed by atoms with van der Waals surface area (Å²) >= 11 is 0. The van der Waals surface area contributed by atoms with Crippen molar-refractivity contribution in [1.29, 1.82) is 0 Å². The first-order valence-corrected chi connectivity index (χ1v) is 9.28. The smallest absolute Gasteiger partial charge is 0.262 e. The lowest BCUT2D eigenvalue weighted by Gasteiger charge is -2.19. The minimum atomic E-state index is -3.85. The van der Waals surface area contributed by atoms with Crippen LogP contribution in [0.2, 0.25) is 0 Å². The Kier molecular flexibility index (Phi) is 5.69. The first-order chi connectivity index (χ1) is 11.6. The maximum atomic E-state index is 13.4. The lowest BCUT2D eigenvalue weighted by molar-refractivity contribution is 0.201. The summed E-state index contributed by atoms with van der Waals surface area (Å²) in [6, 6.07) is 10.1. The number of halogens is 1. The quantitative estimate of drug-likeness (QED) is 0.821. The lowest BCUT2D eigenvalue weighted by atomic mass is 9.87. The van der Waals surface area contributed by atoms with E-state index in [1.165, 1.54) is 18.2 Å². The molecule has 0 amide bonds. The van der Waals surface area contributed by atoms with Crippen LogP contribution >= 0.6 is 0 Å². The van der Waals surface area contributed by atoms with Crippen molar-refractivity contribution in [2.24, 2.45) is 0 Å². The number of anilines is 1. The normalized spacial score (nSPS) is 12.0. The summed E-state index contributed by atoms with van der Waals surface area (Å²) in [6.45, 7) is 5.78. The molecule has 2 aromatic carbocycles. The van der Waals surface area contributed by atoms with Crippen LogP contribution < -0.4 is 9.46 Å². The maximum Gasteiger partial charge on any atom is 0.262 e. The van der Waals surface area contributed by atoms with Crippen molar-refractivity contribution in [3.05, 3.63) is 53.8 Å². The highest BCUT2D eigenvalue weighted by Gasteiger charge is 2.19. The zero-order chi connectivity index (χ0) is 18.7. The molecule has 136 valence electrons. The van der Waals surface area contributed by atoms with Crippen molar-refractivity contribution >= 4 is 15.7 Å². The second-order valence-corrected chi connectivity index (χ2v) is 8.27. The van der Waals surface area contributed by atoms with Crippen LogP contribution in [0.1, 0.15) is 26.3 Å². The van der Waals surface area contributed by atoms with Gasteiger partial charge in [0, 0.05) is 6.07 Å². The van der Waals surface area contributed by atoms with Crippen LogP contribution in [0.5, 0.6) is 5.75 Å². The van der Waals surface area contributed by atoms with Gasteiger partial charge in [0.2, 0.25) is 0 Å². The monoisotopic (exact) mass is 367 g/mol. The molecule has 7 heteroatoms. The predicted molar refractivity (Wildman–Crippen MR) is 94.9 cm³/mol. The van der Waals surface area contributed by atoms with Gasteiger partial charge in [-0.25, -0.2) is 12.8 Å². The molecule has 2 N–H and O–H groups in total. The van der Waals surface area contributed by atoms with Gasteiger partial charge in [-0.3, -0.25) is 4.72 Å². The molecule has 0 saturated heterocycles. The molecule has 0 fully saturated rings. The molecule has 25 heavy (non-hydrogen) atoms. The van der Waals surface area contributed by atoms with Crippen LogP contribution in [-0.2, 0) is 15.4 Å². The third kappa shape index (κ3) is 4.93. The average Bonchev–Trinajstić information content (AvgIpc) is 2.54. The Morgan fingerprint density at radius 2 is 1.76 bits per heavy atom. The van der Waals surface area contributed by atoms with Crippen LogP contribution in [0.4, 0.5) is 10.1 Å². The van der Waals surface area contributed by atoms with E-state index in [1.807, 2.05) is 20.8 Å². The molecule has 0 atom stereocenters. The SMILES string of the molecule is CC(C)(C)c1ccc(S(=O)(=O)Nc2ccc(F)cc2OCCO)cc1. The van der Waals surface area contributed by atoms with Crippen LogP contribution in [0.25, 0.3) is 0 Å².